The van der Waals surface area contributed by atoms with Crippen molar-refractivity contribution in [3.05, 3.63) is 70.6 Å². The van der Waals surface area contributed by atoms with Crippen LogP contribution in [0.5, 0.6) is 5.75 Å². The Hall–Kier alpha value is -2.34. The second-order valence-electron chi connectivity index (χ2n) is 7.48. The predicted molar refractivity (Wildman–Crippen MR) is 118 cm³/mol. The van der Waals surface area contributed by atoms with Crippen LogP contribution in [-0.2, 0) is 17.8 Å². The second-order valence-corrected chi connectivity index (χ2v) is 7.92. The molecule has 1 aliphatic heterocycles. The van der Waals surface area contributed by atoms with E-state index in [1.807, 2.05) is 43.3 Å². The van der Waals surface area contributed by atoms with Crippen LogP contribution < -0.4 is 4.74 Å². The van der Waals surface area contributed by atoms with Gasteiger partial charge in [-0.1, -0.05) is 29.8 Å². The summed E-state index contributed by atoms with van der Waals surface area (Å²) in [6.07, 6.45) is 2.09. The summed E-state index contributed by atoms with van der Waals surface area (Å²) in [7, 11) is 0. The summed E-state index contributed by atoms with van der Waals surface area (Å²) in [5.41, 5.74) is 2.94. The topological polar surface area (TPSA) is 47.7 Å². The molecule has 1 saturated heterocycles. The van der Waals surface area contributed by atoms with Crippen LogP contribution in [0.4, 0.5) is 0 Å². The number of benzene rings is 2. The van der Waals surface area contributed by atoms with Crippen LogP contribution in [0, 0.1) is 6.92 Å². The first-order chi connectivity index (χ1) is 14.7. The standard InChI is InChI=1S/C24H27ClN2O3/c1-18-22(26-24(30-18)20-8-10-21(25)11-9-20)17-29-23-7-3-2-5-19(23)6-4-12-27-13-15-28-16-14-27/h2-3,5,7-11H,4,6,12-17H2,1H3. The molecular weight excluding hydrogens is 400 g/mol. The lowest BCUT2D eigenvalue weighted by Gasteiger charge is -2.26. The van der Waals surface area contributed by atoms with Crippen LogP contribution in [0.25, 0.3) is 11.5 Å². The molecule has 5 nitrogen and oxygen atoms in total. The molecule has 2 aromatic carbocycles. The number of hydrogen-bond acceptors (Lipinski definition) is 5. The number of ether oxygens (including phenoxy) is 2. The van der Waals surface area contributed by atoms with Crippen molar-refractivity contribution >= 4 is 11.6 Å². The van der Waals surface area contributed by atoms with Gasteiger partial charge in [-0.2, -0.15) is 0 Å². The minimum Gasteiger partial charge on any atom is -0.487 e. The van der Waals surface area contributed by atoms with E-state index in [1.165, 1.54) is 5.56 Å². The van der Waals surface area contributed by atoms with Gasteiger partial charge in [-0.15, -0.1) is 0 Å². The van der Waals surface area contributed by atoms with E-state index < -0.39 is 0 Å². The number of hydrogen-bond donors (Lipinski definition) is 0. The molecule has 0 spiro atoms. The Morgan fingerprint density at radius 1 is 1.07 bits per heavy atom. The van der Waals surface area contributed by atoms with Gasteiger partial charge in [-0.05, 0) is 62.2 Å². The molecule has 1 aromatic heterocycles. The lowest BCUT2D eigenvalue weighted by atomic mass is 10.1. The molecule has 0 radical (unpaired) electrons. The molecule has 1 aliphatic rings. The molecule has 3 aromatic rings. The van der Waals surface area contributed by atoms with Gasteiger partial charge in [0, 0.05) is 23.7 Å². The lowest BCUT2D eigenvalue weighted by Crippen LogP contribution is -2.36. The van der Waals surface area contributed by atoms with Crippen LogP contribution in [0.15, 0.2) is 52.9 Å². The molecule has 0 N–H and O–H groups in total. The summed E-state index contributed by atoms with van der Waals surface area (Å²) in [5, 5.41) is 0.691. The molecule has 0 unspecified atom stereocenters. The highest BCUT2D eigenvalue weighted by molar-refractivity contribution is 6.30. The number of aryl methyl sites for hydroxylation is 2. The maximum Gasteiger partial charge on any atom is 0.226 e. The maximum absolute atomic E-state index is 6.14. The highest BCUT2D eigenvalue weighted by atomic mass is 35.5. The highest BCUT2D eigenvalue weighted by Gasteiger charge is 2.14. The molecule has 4 rings (SSSR count). The number of morpholine rings is 1. The van der Waals surface area contributed by atoms with Crippen molar-refractivity contribution in [1.82, 2.24) is 9.88 Å². The van der Waals surface area contributed by atoms with Crippen molar-refractivity contribution < 1.29 is 13.9 Å². The molecule has 0 aliphatic carbocycles. The first kappa shape index (κ1) is 20.9. The van der Waals surface area contributed by atoms with Gasteiger partial charge in [-0.25, -0.2) is 4.98 Å². The molecule has 158 valence electrons. The fourth-order valence-electron chi connectivity index (χ4n) is 3.59. The predicted octanol–water partition coefficient (Wildman–Crippen LogP) is 5.15. The number of aromatic nitrogens is 1. The average Bonchev–Trinajstić information content (AvgIpc) is 3.15. The Morgan fingerprint density at radius 2 is 1.83 bits per heavy atom. The van der Waals surface area contributed by atoms with Gasteiger partial charge in [0.15, 0.2) is 0 Å². The van der Waals surface area contributed by atoms with Crippen molar-refractivity contribution in [2.75, 3.05) is 32.8 Å². The summed E-state index contributed by atoms with van der Waals surface area (Å²) in [6.45, 7) is 7.12. The minimum atomic E-state index is 0.378. The molecule has 6 heteroatoms. The zero-order chi connectivity index (χ0) is 20.8. The minimum absolute atomic E-state index is 0.378. The normalized spacial score (nSPS) is 14.7. The fourth-order valence-corrected chi connectivity index (χ4v) is 3.72. The third-order valence-corrected chi connectivity index (χ3v) is 5.60. The average molecular weight is 427 g/mol. The molecule has 0 atom stereocenters. The Bertz CT molecular complexity index is 949. The van der Waals surface area contributed by atoms with E-state index in [1.54, 1.807) is 0 Å². The Balaban J connectivity index is 1.36. The molecule has 0 bridgehead atoms. The Morgan fingerprint density at radius 3 is 2.63 bits per heavy atom. The van der Waals surface area contributed by atoms with Crippen LogP contribution in [0.3, 0.4) is 0 Å². The van der Waals surface area contributed by atoms with Crippen LogP contribution in [0.2, 0.25) is 5.02 Å². The SMILES string of the molecule is Cc1oc(-c2ccc(Cl)cc2)nc1COc1ccccc1CCCN1CCOCC1. The third kappa shape index (κ3) is 5.42. The van der Waals surface area contributed by atoms with E-state index in [4.69, 9.17) is 25.5 Å². The van der Waals surface area contributed by atoms with Gasteiger partial charge >= 0.3 is 0 Å². The number of rotatable bonds is 8. The van der Waals surface area contributed by atoms with Gasteiger partial charge in [0.1, 0.15) is 23.8 Å². The summed E-state index contributed by atoms with van der Waals surface area (Å²) < 4.78 is 17.4. The van der Waals surface area contributed by atoms with Gasteiger partial charge in [0.05, 0.1) is 13.2 Å². The van der Waals surface area contributed by atoms with E-state index in [9.17, 15) is 0 Å². The number of oxazole rings is 1. The molecule has 1 fully saturated rings. The summed E-state index contributed by atoms with van der Waals surface area (Å²) in [5.74, 6) is 2.27. The molecule has 2 heterocycles. The van der Waals surface area contributed by atoms with E-state index >= 15 is 0 Å². The van der Waals surface area contributed by atoms with Crippen molar-refractivity contribution in [1.29, 1.82) is 0 Å². The van der Waals surface area contributed by atoms with Gasteiger partial charge in [-0.3, -0.25) is 4.90 Å². The van der Waals surface area contributed by atoms with Crippen LogP contribution in [-0.4, -0.2) is 42.7 Å². The first-order valence-corrected chi connectivity index (χ1v) is 10.8. The van der Waals surface area contributed by atoms with E-state index in [2.05, 4.69) is 22.0 Å². The third-order valence-electron chi connectivity index (χ3n) is 5.34. The maximum atomic E-state index is 6.14. The number of para-hydroxylation sites is 1. The fraction of sp³-hybridized carbons (Fsp3) is 0.375. The first-order valence-electron chi connectivity index (χ1n) is 10.4. The number of nitrogens with zero attached hydrogens (tertiary/aromatic N) is 2. The largest absolute Gasteiger partial charge is 0.487 e. The zero-order valence-electron chi connectivity index (χ0n) is 17.3. The molecule has 0 amide bonds. The van der Waals surface area contributed by atoms with Crippen molar-refractivity contribution in [2.24, 2.45) is 0 Å². The quantitative estimate of drug-likeness (QED) is 0.498. The molecule has 0 saturated carbocycles. The van der Waals surface area contributed by atoms with E-state index in [0.29, 0.717) is 17.5 Å². The van der Waals surface area contributed by atoms with E-state index in [0.717, 1.165) is 68.5 Å². The Labute approximate surface area is 182 Å². The smallest absolute Gasteiger partial charge is 0.226 e. The van der Waals surface area contributed by atoms with E-state index in [-0.39, 0.29) is 0 Å². The van der Waals surface area contributed by atoms with Crippen molar-refractivity contribution in [3.8, 4) is 17.2 Å². The van der Waals surface area contributed by atoms with Crippen LogP contribution >= 0.6 is 11.6 Å². The second kappa shape index (κ2) is 10.1. The number of halogens is 1. The lowest BCUT2D eigenvalue weighted by molar-refractivity contribution is 0.0374. The van der Waals surface area contributed by atoms with Gasteiger partial charge in [0.25, 0.3) is 0 Å². The van der Waals surface area contributed by atoms with Crippen LogP contribution in [0.1, 0.15) is 23.4 Å². The molecule has 30 heavy (non-hydrogen) atoms. The van der Waals surface area contributed by atoms with Crippen molar-refractivity contribution in [3.63, 3.8) is 0 Å². The van der Waals surface area contributed by atoms with Gasteiger partial charge < -0.3 is 13.9 Å². The van der Waals surface area contributed by atoms with Gasteiger partial charge in [0.2, 0.25) is 5.89 Å². The molecular formula is C24H27ClN2O3. The summed E-state index contributed by atoms with van der Waals surface area (Å²) in [4.78, 5) is 7.09. The summed E-state index contributed by atoms with van der Waals surface area (Å²) >= 11 is 5.97. The monoisotopic (exact) mass is 426 g/mol. The Kier molecular flexibility index (Phi) is 7.05. The zero-order valence-corrected chi connectivity index (χ0v) is 18.0. The highest BCUT2D eigenvalue weighted by Crippen LogP contribution is 2.25. The van der Waals surface area contributed by atoms with Crippen molar-refractivity contribution in [2.45, 2.75) is 26.4 Å². The summed E-state index contributed by atoms with van der Waals surface area (Å²) in [6, 6.07) is 15.7.